The van der Waals surface area contributed by atoms with E-state index >= 15 is 0 Å². The lowest BCUT2D eigenvalue weighted by Crippen LogP contribution is -2.38. The van der Waals surface area contributed by atoms with E-state index < -0.39 is 12.0 Å². The quantitative estimate of drug-likeness (QED) is 0.461. The first-order valence-electron chi connectivity index (χ1n) is 10.8. The molecule has 3 aromatic rings. The molecule has 1 atom stereocenters. The topological polar surface area (TPSA) is 76.4 Å². The molecule has 6 nitrogen and oxygen atoms in total. The molecular formula is C25H31N3O3. The zero-order chi connectivity index (χ0) is 22.1. The fourth-order valence-corrected chi connectivity index (χ4v) is 3.60. The van der Waals surface area contributed by atoms with Crippen LogP contribution < -0.4 is 10.1 Å². The van der Waals surface area contributed by atoms with Crippen LogP contribution in [0.4, 0.5) is 0 Å². The van der Waals surface area contributed by atoms with E-state index in [1.165, 1.54) is 0 Å². The molecule has 0 saturated heterocycles. The van der Waals surface area contributed by atoms with E-state index in [4.69, 9.17) is 4.74 Å². The maximum atomic E-state index is 11.8. The molecule has 6 heteroatoms. The smallest absolute Gasteiger partial charge is 0.321 e. The van der Waals surface area contributed by atoms with Crippen molar-refractivity contribution in [1.82, 2.24) is 14.9 Å². The van der Waals surface area contributed by atoms with E-state index in [0.717, 1.165) is 47.7 Å². The Morgan fingerprint density at radius 3 is 2.65 bits per heavy atom. The number of rotatable bonds is 12. The van der Waals surface area contributed by atoms with Crippen molar-refractivity contribution in [3.8, 4) is 5.75 Å². The maximum absolute atomic E-state index is 11.8. The number of imidazole rings is 1. The highest BCUT2D eigenvalue weighted by molar-refractivity contribution is 5.73. The molecule has 2 aromatic carbocycles. The minimum absolute atomic E-state index is 0.433. The summed E-state index contributed by atoms with van der Waals surface area (Å²) in [6.45, 7) is 3.27. The van der Waals surface area contributed by atoms with Gasteiger partial charge in [0.2, 0.25) is 0 Å². The van der Waals surface area contributed by atoms with E-state index in [1.807, 2.05) is 54.7 Å². The number of nitrogens with zero attached hydrogens (tertiary/aromatic N) is 2. The number of carbonyl (C=O) groups is 1. The average molecular weight is 422 g/mol. The lowest BCUT2D eigenvalue weighted by atomic mass is 10.1. The van der Waals surface area contributed by atoms with Crippen LogP contribution in [0.3, 0.4) is 0 Å². The monoisotopic (exact) mass is 421 g/mol. The lowest BCUT2D eigenvalue weighted by Gasteiger charge is -2.17. The van der Waals surface area contributed by atoms with Gasteiger partial charge in [0.05, 0.1) is 12.8 Å². The Morgan fingerprint density at radius 2 is 1.94 bits per heavy atom. The molecule has 0 spiro atoms. The Hall–Kier alpha value is -3.12. The third-order valence-corrected chi connectivity index (χ3v) is 5.36. The van der Waals surface area contributed by atoms with Crippen molar-refractivity contribution in [3.05, 3.63) is 83.4 Å². The normalized spacial score (nSPS) is 11.9. The molecule has 31 heavy (non-hydrogen) atoms. The van der Waals surface area contributed by atoms with E-state index in [2.05, 4.69) is 27.9 Å². The van der Waals surface area contributed by atoms with Crippen LogP contribution >= 0.6 is 0 Å². The number of methoxy groups -OCH3 is 1. The SMILES string of the molecule is CCCCc1ncc(CNC(Cc2ccccc2)C(=O)O)n1Cc1cccc(OC)c1. The number of unbranched alkanes of at least 4 members (excludes halogenated alkanes) is 1. The molecule has 0 radical (unpaired) electrons. The van der Waals surface area contributed by atoms with Crippen molar-refractivity contribution in [2.24, 2.45) is 0 Å². The van der Waals surface area contributed by atoms with Crippen LogP contribution in [0.25, 0.3) is 0 Å². The van der Waals surface area contributed by atoms with Crippen LogP contribution in [0, 0.1) is 0 Å². The summed E-state index contributed by atoms with van der Waals surface area (Å²) < 4.78 is 7.55. The van der Waals surface area contributed by atoms with Crippen LogP contribution in [0.2, 0.25) is 0 Å². The highest BCUT2D eigenvalue weighted by atomic mass is 16.5. The lowest BCUT2D eigenvalue weighted by molar-refractivity contribution is -0.139. The summed E-state index contributed by atoms with van der Waals surface area (Å²) >= 11 is 0. The molecule has 0 saturated carbocycles. The molecule has 0 aliphatic rings. The van der Waals surface area contributed by atoms with Gasteiger partial charge in [-0.05, 0) is 36.1 Å². The van der Waals surface area contributed by atoms with Gasteiger partial charge in [-0.15, -0.1) is 0 Å². The number of hydrogen-bond donors (Lipinski definition) is 2. The largest absolute Gasteiger partial charge is 0.497 e. The first-order chi connectivity index (χ1) is 15.1. The zero-order valence-corrected chi connectivity index (χ0v) is 18.3. The first-order valence-corrected chi connectivity index (χ1v) is 10.8. The van der Waals surface area contributed by atoms with Crippen molar-refractivity contribution in [2.45, 2.75) is 51.7 Å². The zero-order valence-electron chi connectivity index (χ0n) is 18.3. The molecule has 2 N–H and O–H groups in total. The Labute approximate surface area is 183 Å². The molecule has 3 rings (SSSR count). The number of carboxylic acids is 1. The summed E-state index contributed by atoms with van der Waals surface area (Å²) in [5, 5.41) is 12.9. The second-order valence-electron chi connectivity index (χ2n) is 7.67. The van der Waals surface area contributed by atoms with E-state index in [1.54, 1.807) is 7.11 Å². The number of aliphatic carboxylic acids is 1. The van der Waals surface area contributed by atoms with Gasteiger partial charge in [-0.3, -0.25) is 10.1 Å². The number of hydrogen-bond acceptors (Lipinski definition) is 4. The van der Waals surface area contributed by atoms with E-state index in [0.29, 0.717) is 19.5 Å². The van der Waals surface area contributed by atoms with Crippen molar-refractivity contribution < 1.29 is 14.6 Å². The van der Waals surface area contributed by atoms with Crippen LogP contribution in [0.1, 0.15) is 42.4 Å². The van der Waals surface area contributed by atoms with E-state index in [-0.39, 0.29) is 0 Å². The average Bonchev–Trinajstić information content (AvgIpc) is 3.17. The third kappa shape index (κ3) is 6.43. The summed E-state index contributed by atoms with van der Waals surface area (Å²) in [4.78, 5) is 16.5. The second-order valence-corrected chi connectivity index (χ2v) is 7.67. The maximum Gasteiger partial charge on any atom is 0.321 e. The summed E-state index contributed by atoms with van der Waals surface area (Å²) in [6, 6.07) is 17.0. The Kier molecular flexibility index (Phi) is 8.24. The summed E-state index contributed by atoms with van der Waals surface area (Å²) in [6.07, 6.45) is 5.35. The highest BCUT2D eigenvalue weighted by Crippen LogP contribution is 2.17. The third-order valence-electron chi connectivity index (χ3n) is 5.36. The number of benzene rings is 2. The number of ether oxygens (including phenoxy) is 1. The Morgan fingerprint density at radius 1 is 1.16 bits per heavy atom. The predicted molar refractivity (Wildman–Crippen MR) is 121 cm³/mol. The highest BCUT2D eigenvalue weighted by Gasteiger charge is 2.19. The number of aryl methyl sites for hydroxylation is 1. The summed E-state index contributed by atoms with van der Waals surface area (Å²) in [5.74, 6) is 0.992. The van der Waals surface area contributed by atoms with Gasteiger partial charge in [0.15, 0.2) is 0 Å². The van der Waals surface area contributed by atoms with Crippen molar-refractivity contribution in [2.75, 3.05) is 7.11 Å². The molecule has 1 heterocycles. The molecule has 0 amide bonds. The number of carboxylic acid groups (broad SMARTS) is 1. The van der Waals surface area contributed by atoms with Crippen LogP contribution in [0.15, 0.2) is 60.8 Å². The molecule has 0 fully saturated rings. The van der Waals surface area contributed by atoms with Crippen LogP contribution in [-0.2, 0) is 30.7 Å². The van der Waals surface area contributed by atoms with Gasteiger partial charge in [-0.2, -0.15) is 0 Å². The van der Waals surface area contributed by atoms with E-state index in [9.17, 15) is 9.90 Å². The number of nitrogens with one attached hydrogen (secondary N) is 1. The molecule has 164 valence electrons. The first kappa shape index (κ1) is 22.6. The second kappa shape index (κ2) is 11.3. The fraction of sp³-hybridized carbons (Fsp3) is 0.360. The van der Waals surface area contributed by atoms with Crippen molar-refractivity contribution >= 4 is 5.97 Å². The van der Waals surface area contributed by atoms with Gasteiger partial charge in [0.25, 0.3) is 0 Å². The van der Waals surface area contributed by atoms with Crippen LogP contribution in [0.5, 0.6) is 5.75 Å². The molecule has 0 aliphatic carbocycles. The Balaban J connectivity index is 1.77. The molecule has 0 bridgehead atoms. The minimum atomic E-state index is -0.853. The number of aromatic nitrogens is 2. The van der Waals surface area contributed by atoms with Gasteiger partial charge >= 0.3 is 5.97 Å². The molecule has 1 aromatic heterocycles. The molecular weight excluding hydrogens is 390 g/mol. The predicted octanol–water partition coefficient (Wildman–Crippen LogP) is 4.07. The molecule has 0 aliphatic heterocycles. The van der Waals surface area contributed by atoms with Gasteiger partial charge in [-0.1, -0.05) is 55.8 Å². The van der Waals surface area contributed by atoms with Crippen LogP contribution in [-0.4, -0.2) is 33.8 Å². The summed E-state index contributed by atoms with van der Waals surface area (Å²) in [7, 11) is 1.66. The van der Waals surface area contributed by atoms with Gasteiger partial charge in [-0.25, -0.2) is 4.98 Å². The van der Waals surface area contributed by atoms with Gasteiger partial charge in [0.1, 0.15) is 17.6 Å². The Bertz CT molecular complexity index is 969. The van der Waals surface area contributed by atoms with Gasteiger partial charge < -0.3 is 14.4 Å². The van der Waals surface area contributed by atoms with Gasteiger partial charge in [0, 0.05) is 25.7 Å². The molecule has 1 unspecified atom stereocenters. The summed E-state index contributed by atoms with van der Waals surface area (Å²) in [5.41, 5.74) is 3.10. The minimum Gasteiger partial charge on any atom is -0.497 e. The fourth-order valence-electron chi connectivity index (χ4n) is 3.60. The van der Waals surface area contributed by atoms with Crippen molar-refractivity contribution in [3.63, 3.8) is 0 Å². The van der Waals surface area contributed by atoms with Crippen molar-refractivity contribution in [1.29, 1.82) is 0 Å². The standard InChI is InChI=1S/C25H31N3O3/c1-3-4-13-24-27-17-21(28(24)18-20-11-8-12-22(14-20)31-2)16-26-23(25(29)30)15-19-9-6-5-7-10-19/h5-12,14,17,23,26H,3-4,13,15-16,18H2,1-2H3,(H,29,30).